The highest BCUT2D eigenvalue weighted by Gasteiger charge is 2.11. The first kappa shape index (κ1) is 13.4. The number of para-hydroxylation sites is 1. The van der Waals surface area contributed by atoms with Crippen molar-refractivity contribution >= 4 is 16.8 Å². The van der Waals surface area contributed by atoms with E-state index in [0.29, 0.717) is 12.1 Å². The van der Waals surface area contributed by atoms with E-state index in [1.807, 2.05) is 44.3 Å². The molecular formula is C16H18N4O. The molecule has 2 aromatic heterocycles. The van der Waals surface area contributed by atoms with E-state index < -0.39 is 0 Å². The fourth-order valence-electron chi connectivity index (χ4n) is 2.61. The Balaban J connectivity index is 1.68. The third kappa shape index (κ3) is 2.54. The maximum atomic E-state index is 12.3. The lowest BCUT2D eigenvalue weighted by Crippen LogP contribution is -2.26. The number of hydrogen-bond donors (Lipinski definition) is 3. The Kier molecular flexibility index (Phi) is 3.48. The highest BCUT2D eigenvalue weighted by atomic mass is 16.1. The largest absolute Gasteiger partial charge is 0.361 e. The lowest BCUT2D eigenvalue weighted by atomic mass is 10.1. The van der Waals surface area contributed by atoms with Crippen molar-refractivity contribution < 1.29 is 4.79 Å². The van der Waals surface area contributed by atoms with Gasteiger partial charge in [-0.2, -0.15) is 5.10 Å². The number of aromatic amines is 2. The van der Waals surface area contributed by atoms with Crippen LogP contribution >= 0.6 is 0 Å². The molecule has 3 rings (SSSR count). The third-order valence-corrected chi connectivity index (χ3v) is 3.77. The molecule has 0 unspecified atom stereocenters. The van der Waals surface area contributed by atoms with Crippen molar-refractivity contribution in [1.29, 1.82) is 0 Å². The number of nitrogens with one attached hydrogen (secondary N) is 3. The molecule has 3 N–H and O–H groups in total. The van der Waals surface area contributed by atoms with Crippen LogP contribution in [0.5, 0.6) is 0 Å². The average Bonchev–Trinajstić information content (AvgIpc) is 3.07. The first-order valence-corrected chi connectivity index (χ1v) is 7.01. The number of carbonyl (C=O) groups is 1. The molecule has 0 aliphatic rings. The Morgan fingerprint density at radius 2 is 2.14 bits per heavy atom. The Labute approximate surface area is 122 Å². The van der Waals surface area contributed by atoms with E-state index in [4.69, 9.17) is 0 Å². The zero-order valence-electron chi connectivity index (χ0n) is 12.2. The maximum absolute atomic E-state index is 12.3. The quantitative estimate of drug-likeness (QED) is 0.687. The number of benzene rings is 1. The monoisotopic (exact) mass is 282 g/mol. The van der Waals surface area contributed by atoms with Crippen LogP contribution in [0.1, 0.15) is 27.3 Å². The molecule has 0 fully saturated rings. The number of nitrogens with zero attached hydrogens (tertiary/aromatic N) is 1. The second-order valence-corrected chi connectivity index (χ2v) is 5.17. The summed E-state index contributed by atoms with van der Waals surface area (Å²) in [5.74, 6) is -0.0538. The van der Waals surface area contributed by atoms with Gasteiger partial charge in [0.05, 0.1) is 16.8 Å². The van der Waals surface area contributed by atoms with Crippen molar-refractivity contribution in [2.45, 2.75) is 20.3 Å². The molecule has 1 amide bonds. The number of carbonyl (C=O) groups excluding carboxylic acids is 1. The molecule has 5 nitrogen and oxygen atoms in total. The summed E-state index contributed by atoms with van der Waals surface area (Å²) < 4.78 is 0. The number of rotatable bonds is 4. The summed E-state index contributed by atoms with van der Waals surface area (Å²) in [5, 5.41) is 11.1. The molecule has 0 bridgehead atoms. The number of hydrogen-bond acceptors (Lipinski definition) is 2. The molecule has 0 saturated carbocycles. The lowest BCUT2D eigenvalue weighted by molar-refractivity contribution is 0.0955. The van der Waals surface area contributed by atoms with Gasteiger partial charge in [0, 0.05) is 23.8 Å². The zero-order chi connectivity index (χ0) is 14.8. The fourth-order valence-corrected chi connectivity index (χ4v) is 2.61. The SMILES string of the molecule is Cc1n[nH]c(C)c1CCNC(=O)c1cccc2cc[nH]c12. The number of H-pyrrole nitrogens is 2. The average molecular weight is 282 g/mol. The number of aromatic nitrogens is 3. The van der Waals surface area contributed by atoms with Crippen LogP contribution in [0.2, 0.25) is 0 Å². The van der Waals surface area contributed by atoms with Crippen LogP contribution in [0, 0.1) is 13.8 Å². The second kappa shape index (κ2) is 5.44. The zero-order valence-corrected chi connectivity index (χ0v) is 12.2. The van der Waals surface area contributed by atoms with Gasteiger partial charge in [-0.05, 0) is 38.0 Å². The number of aryl methyl sites for hydroxylation is 2. The molecule has 0 atom stereocenters. The van der Waals surface area contributed by atoms with Gasteiger partial charge in [-0.1, -0.05) is 12.1 Å². The molecule has 0 saturated heterocycles. The van der Waals surface area contributed by atoms with Crippen molar-refractivity contribution in [3.63, 3.8) is 0 Å². The molecule has 0 radical (unpaired) electrons. The van der Waals surface area contributed by atoms with E-state index in [1.54, 1.807) is 0 Å². The summed E-state index contributed by atoms with van der Waals surface area (Å²) in [5.41, 5.74) is 4.79. The van der Waals surface area contributed by atoms with Crippen LogP contribution in [0.15, 0.2) is 30.5 Å². The van der Waals surface area contributed by atoms with Gasteiger partial charge in [0.15, 0.2) is 0 Å². The van der Waals surface area contributed by atoms with E-state index in [9.17, 15) is 4.79 Å². The highest BCUT2D eigenvalue weighted by molar-refractivity contribution is 6.05. The number of fused-ring (bicyclic) bond motifs is 1. The molecule has 21 heavy (non-hydrogen) atoms. The van der Waals surface area contributed by atoms with Crippen LogP contribution in [-0.2, 0) is 6.42 Å². The van der Waals surface area contributed by atoms with Gasteiger partial charge < -0.3 is 10.3 Å². The van der Waals surface area contributed by atoms with Gasteiger partial charge in [0.2, 0.25) is 0 Å². The van der Waals surface area contributed by atoms with Gasteiger partial charge in [0.1, 0.15) is 0 Å². The van der Waals surface area contributed by atoms with Crippen LogP contribution < -0.4 is 5.32 Å². The first-order valence-electron chi connectivity index (χ1n) is 7.01. The molecule has 0 aliphatic heterocycles. The topological polar surface area (TPSA) is 73.6 Å². The molecule has 108 valence electrons. The highest BCUT2D eigenvalue weighted by Crippen LogP contribution is 2.16. The minimum Gasteiger partial charge on any atom is -0.361 e. The second-order valence-electron chi connectivity index (χ2n) is 5.17. The molecule has 3 aromatic rings. The summed E-state index contributed by atoms with van der Waals surface area (Å²) in [6.07, 6.45) is 2.63. The molecule has 2 heterocycles. The lowest BCUT2D eigenvalue weighted by Gasteiger charge is -2.06. The van der Waals surface area contributed by atoms with E-state index in [2.05, 4.69) is 20.5 Å². The molecule has 0 aliphatic carbocycles. The van der Waals surface area contributed by atoms with E-state index in [-0.39, 0.29) is 5.91 Å². The standard InChI is InChI=1S/C16H18N4O/c1-10-13(11(2)20-19-10)7-9-18-16(21)14-5-3-4-12-6-8-17-15(12)14/h3-6,8,17H,7,9H2,1-2H3,(H,18,21)(H,19,20). The van der Waals surface area contributed by atoms with Crippen molar-refractivity contribution in [2.24, 2.45) is 0 Å². The van der Waals surface area contributed by atoms with Crippen molar-refractivity contribution in [3.8, 4) is 0 Å². The summed E-state index contributed by atoms with van der Waals surface area (Å²) in [6.45, 7) is 4.56. The van der Waals surface area contributed by atoms with Crippen molar-refractivity contribution in [1.82, 2.24) is 20.5 Å². The Bertz CT molecular complexity index is 765. The third-order valence-electron chi connectivity index (χ3n) is 3.77. The van der Waals surface area contributed by atoms with Crippen LogP contribution in [-0.4, -0.2) is 27.6 Å². The summed E-state index contributed by atoms with van der Waals surface area (Å²) >= 11 is 0. The molecule has 1 aromatic carbocycles. The van der Waals surface area contributed by atoms with Crippen LogP contribution in [0.25, 0.3) is 10.9 Å². The molecule has 0 spiro atoms. The van der Waals surface area contributed by atoms with E-state index in [0.717, 1.165) is 28.7 Å². The van der Waals surface area contributed by atoms with Gasteiger partial charge in [0.25, 0.3) is 5.91 Å². The Morgan fingerprint density at radius 3 is 2.90 bits per heavy atom. The number of amides is 1. The molecular weight excluding hydrogens is 264 g/mol. The fraction of sp³-hybridized carbons (Fsp3) is 0.250. The summed E-state index contributed by atoms with van der Waals surface area (Å²) in [4.78, 5) is 15.4. The smallest absolute Gasteiger partial charge is 0.253 e. The minimum atomic E-state index is -0.0538. The van der Waals surface area contributed by atoms with E-state index >= 15 is 0 Å². The van der Waals surface area contributed by atoms with Gasteiger partial charge in [-0.3, -0.25) is 9.89 Å². The predicted molar refractivity (Wildman–Crippen MR) is 82.4 cm³/mol. The summed E-state index contributed by atoms with van der Waals surface area (Å²) in [6, 6.07) is 7.68. The minimum absolute atomic E-state index is 0.0538. The predicted octanol–water partition coefficient (Wildman–Crippen LogP) is 2.48. The van der Waals surface area contributed by atoms with E-state index in [1.165, 1.54) is 5.56 Å². The van der Waals surface area contributed by atoms with Crippen LogP contribution in [0.3, 0.4) is 0 Å². The van der Waals surface area contributed by atoms with Crippen LogP contribution in [0.4, 0.5) is 0 Å². The van der Waals surface area contributed by atoms with Gasteiger partial charge in [-0.25, -0.2) is 0 Å². The van der Waals surface area contributed by atoms with Crippen molar-refractivity contribution in [3.05, 3.63) is 53.0 Å². The molecule has 5 heteroatoms. The maximum Gasteiger partial charge on any atom is 0.253 e. The van der Waals surface area contributed by atoms with Gasteiger partial charge in [-0.15, -0.1) is 0 Å². The Hall–Kier alpha value is -2.56. The normalized spacial score (nSPS) is 11.0. The Morgan fingerprint density at radius 1 is 1.29 bits per heavy atom. The van der Waals surface area contributed by atoms with Crippen molar-refractivity contribution in [2.75, 3.05) is 6.54 Å². The first-order chi connectivity index (χ1) is 10.2. The summed E-state index contributed by atoms with van der Waals surface area (Å²) in [7, 11) is 0. The van der Waals surface area contributed by atoms with Gasteiger partial charge >= 0.3 is 0 Å².